The van der Waals surface area contributed by atoms with Gasteiger partial charge in [-0.25, -0.2) is 0 Å². The molecule has 0 spiro atoms. The fourth-order valence-corrected chi connectivity index (χ4v) is 2.51. The molecule has 1 saturated carbocycles. The molecule has 15 heavy (non-hydrogen) atoms. The van der Waals surface area contributed by atoms with Gasteiger partial charge >= 0.3 is 0 Å². The molecule has 0 aromatic rings. The molecule has 0 amide bonds. The zero-order chi connectivity index (χ0) is 11.7. The zero-order valence-electron chi connectivity index (χ0n) is 10.7. The summed E-state index contributed by atoms with van der Waals surface area (Å²) in [5.74, 6) is 0.959. The number of carbonyl (C=O) groups excluding carboxylic acids is 1. The molecule has 0 aromatic heterocycles. The van der Waals surface area contributed by atoms with Crippen LogP contribution in [0.2, 0.25) is 18.1 Å². The largest absolute Gasteiger partial charge is 0.417 e. The Kier molecular flexibility index (Phi) is 3.77. The Hall–Kier alpha value is -0.153. The van der Waals surface area contributed by atoms with Gasteiger partial charge in [-0.2, -0.15) is 0 Å². The Morgan fingerprint density at radius 3 is 2.40 bits per heavy atom. The first-order valence-corrected chi connectivity index (χ1v) is 8.78. The van der Waals surface area contributed by atoms with Gasteiger partial charge in [-0.3, -0.25) is 0 Å². The minimum absolute atomic E-state index is 0.292. The first-order valence-electron chi connectivity index (χ1n) is 5.87. The van der Waals surface area contributed by atoms with Crippen LogP contribution < -0.4 is 0 Å². The molecule has 0 aliphatic heterocycles. The van der Waals surface area contributed by atoms with E-state index in [1.807, 2.05) is 0 Å². The van der Waals surface area contributed by atoms with Crippen LogP contribution in [-0.4, -0.2) is 21.2 Å². The number of carbonyl (C=O) groups is 1. The normalized spacial score (nSPS) is 26.5. The molecular weight excluding hydrogens is 204 g/mol. The second-order valence-electron chi connectivity index (χ2n) is 6.19. The standard InChI is InChI=1S/C12H24O2Si/c1-12(2,3)15(4,5)14-7-6-10-8-11(10)9-13/h9-11H,6-8H2,1-5H3/t10-,11-/m1/s1. The highest BCUT2D eigenvalue weighted by Crippen LogP contribution is 2.41. The summed E-state index contributed by atoms with van der Waals surface area (Å²) in [4.78, 5) is 10.5. The van der Waals surface area contributed by atoms with Crippen molar-refractivity contribution in [3.8, 4) is 0 Å². The summed E-state index contributed by atoms with van der Waals surface area (Å²) >= 11 is 0. The van der Waals surface area contributed by atoms with Gasteiger partial charge in [-0.15, -0.1) is 0 Å². The maximum atomic E-state index is 10.5. The third kappa shape index (κ3) is 3.42. The van der Waals surface area contributed by atoms with Crippen LogP contribution in [0, 0.1) is 11.8 Å². The highest BCUT2D eigenvalue weighted by molar-refractivity contribution is 6.74. The molecule has 0 aromatic carbocycles. The monoisotopic (exact) mass is 228 g/mol. The lowest BCUT2D eigenvalue weighted by atomic mass is 10.2. The predicted octanol–water partition coefficient (Wildman–Crippen LogP) is 3.23. The molecule has 0 heterocycles. The quantitative estimate of drug-likeness (QED) is 0.533. The molecule has 2 atom stereocenters. The second-order valence-corrected chi connectivity index (χ2v) is 11.0. The number of aldehydes is 1. The smallest absolute Gasteiger partial charge is 0.191 e. The van der Waals surface area contributed by atoms with Crippen molar-refractivity contribution in [2.75, 3.05) is 6.61 Å². The molecule has 1 aliphatic rings. The molecule has 3 heteroatoms. The van der Waals surface area contributed by atoms with Crippen LogP contribution in [0.25, 0.3) is 0 Å². The Bertz CT molecular complexity index is 230. The molecule has 88 valence electrons. The zero-order valence-corrected chi connectivity index (χ0v) is 11.7. The SMILES string of the molecule is CC(C)(C)[Si](C)(C)OCC[C@@H]1C[C@@H]1C=O. The van der Waals surface area contributed by atoms with Gasteiger partial charge in [-0.05, 0) is 36.9 Å². The van der Waals surface area contributed by atoms with Crippen LogP contribution in [0.4, 0.5) is 0 Å². The molecule has 2 nitrogen and oxygen atoms in total. The summed E-state index contributed by atoms with van der Waals surface area (Å²) < 4.78 is 6.06. The van der Waals surface area contributed by atoms with Crippen molar-refractivity contribution in [1.82, 2.24) is 0 Å². The van der Waals surface area contributed by atoms with Crippen LogP contribution in [0.15, 0.2) is 0 Å². The highest BCUT2D eigenvalue weighted by atomic mass is 28.4. The molecule has 0 radical (unpaired) electrons. The summed E-state index contributed by atoms with van der Waals surface area (Å²) in [6.07, 6.45) is 3.25. The van der Waals surface area contributed by atoms with Crippen LogP contribution in [0.1, 0.15) is 33.6 Å². The maximum absolute atomic E-state index is 10.5. The van der Waals surface area contributed by atoms with Gasteiger partial charge < -0.3 is 9.22 Å². The summed E-state index contributed by atoms with van der Waals surface area (Å²) in [7, 11) is -1.56. The Morgan fingerprint density at radius 2 is 2.00 bits per heavy atom. The minimum atomic E-state index is -1.56. The van der Waals surface area contributed by atoms with Gasteiger partial charge in [0.25, 0.3) is 0 Å². The van der Waals surface area contributed by atoms with Gasteiger partial charge in [-0.1, -0.05) is 20.8 Å². The Balaban J connectivity index is 2.23. The third-order valence-electron chi connectivity index (χ3n) is 3.91. The van der Waals surface area contributed by atoms with E-state index in [4.69, 9.17) is 4.43 Å². The Labute approximate surface area is 94.5 Å². The van der Waals surface area contributed by atoms with E-state index >= 15 is 0 Å². The van der Waals surface area contributed by atoms with Crippen molar-refractivity contribution in [1.29, 1.82) is 0 Å². The lowest BCUT2D eigenvalue weighted by Crippen LogP contribution is -2.41. The third-order valence-corrected chi connectivity index (χ3v) is 8.45. The van der Waals surface area contributed by atoms with E-state index in [9.17, 15) is 4.79 Å². The van der Waals surface area contributed by atoms with E-state index in [2.05, 4.69) is 33.9 Å². The molecular formula is C12H24O2Si. The lowest BCUT2D eigenvalue weighted by molar-refractivity contribution is -0.109. The molecule has 0 N–H and O–H groups in total. The van der Waals surface area contributed by atoms with Crippen molar-refractivity contribution >= 4 is 14.6 Å². The van der Waals surface area contributed by atoms with Gasteiger partial charge in [0.1, 0.15) is 6.29 Å². The highest BCUT2D eigenvalue weighted by Gasteiger charge is 2.39. The molecule has 1 aliphatic carbocycles. The first-order chi connectivity index (χ1) is 6.78. The number of hydrogen-bond donors (Lipinski definition) is 0. The van der Waals surface area contributed by atoms with Crippen molar-refractivity contribution in [2.24, 2.45) is 11.8 Å². The topological polar surface area (TPSA) is 26.3 Å². The van der Waals surface area contributed by atoms with E-state index in [1.54, 1.807) is 0 Å². The van der Waals surface area contributed by atoms with E-state index in [-0.39, 0.29) is 0 Å². The maximum Gasteiger partial charge on any atom is 0.191 e. The van der Waals surface area contributed by atoms with E-state index < -0.39 is 8.32 Å². The van der Waals surface area contributed by atoms with Crippen molar-refractivity contribution < 1.29 is 9.22 Å². The summed E-state index contributed by atoms with van der Waals surface area (Å²) in [6.45, 7) is 12.2. The van der Waals surface area contributed by atoms with Gasteiger partial charge in [0.15, 0.2) is 8.32 Å². The molecule has 1 fully saturated rings. The first kappa shape index (κ1) is 12.9. The summed E-state index contributed by atoms with van der Waals surface area (Å²) in [5.41, 5.74) is 0. The van der Waals surface area contributed by atoms with Gasteiger partial charge in [0, 0.05) is 12.5 Å². The van der Waals surface area contributed by atoms with E-state index in [0.29, 0.717) is 16.9 Å². The summed E-state index contributed by atoms with van der Waals surface area (Å²) in [5, 5.41) is 0.292. The minimum Gasteiger partial charge on any atom is -0.417 e. The average molecular weight is 228 g/mol. The molecule has 1 rings (SSSR count). The van der Waals surface area contributed by atoms with Crippen molar-refractivity contribution in [3.05, 3.63) is 0 Å². The number of rotatable bonds is 5. The van der Waals surface area contributed by atoms with Crippen LogP contribution >= 0.6 is 0 Å². The predicted molar refractivity (Wildman–Crippen MR) is 65.4 cm³/mol. The average Bonchev–Trinajstić information content (AvgIpc) is 2.81. The summed E-state index contributed by atoms with van der Waals surface area (Å²) in [6, 6.07) is 0. The molecule has 0 unspecified atom stereocenters. The second kappa shape index (κ2) is 4.38. The van der Waals surface area contributed by atoms with Gasteiger partial charge in [0.05, 0.1) is 0 Å². The Morgan fingerprint density at radius 1 is 1.40 bits per heavy atom. The van der Waals surface area contributed by atoms with Crippen LogP contribution in [0.3, 0.4) is 0 Å². The number of hydrogen-bond acceptors (Lipinski definition) is 2. The molecule has 0 saturated heterocycles. The van der Waals surface area contributed by atoms with Crippen LogP contribution in [-0.2, 0) is 9.22 Å². The lowest BCUT2D eigenvalue weighted by Gasteiger charge is -2.36. The van der Waals surface area contributed by atoms with Crippen molar-refractivity contribution in [2.45, 2.75) is 51.7 Å². The van der Waals surface area contributed by atoms with Gasteiger partial charge in [0.2, 0.25) is 0 Å². The van der Waals surface area contributed by atoms with Crippen LogP contribution in [0.5, 0.6) is 0 Å². The molecule has 0 bridgehead atoms. The van der Waals surface area contributed by atoms with E-state index in [1.165, 1.54) is 0 Å². The van der Waals surface area contributed by atoms with Crippen molar-refractivity contribution in [3.63, 3.8) is 0 Å². The van der Waals surface area contributed by atoms with E-state index in [0.717, 1.165) is 25.7 Å². The fraction of sp³-hybridized carbons (Fsp3) is 0.917. The fourth-order valence-electron chi connectivity index (χ4n) is 1.45.